The van der Waals surface area contributed by atoms with Gasteiger partial charge in [-0.15, -0.1) is 0 Å². The first kappa shape index (κ1) is 17.7. The maximum absolute atomic E-state index is 12.4. The van der Waals surface area contributed by atoms with Gasteiger partial charge in [-0.3, -0.25) is 19.4 Å². The summed E-state index contributed by atoms with van der Waals surface area (Å²) in [5.74, 6) is -0.128. The van der Waals surface area contributed by atoms with Crippen LogP contribution in [0.25, 0.3) is 0 Å². The number of carbonyl (C=O) groups is 3. The molecule has 0 aromatic rings. The number of nitrogens with one attached hydrogen (secondary N) is 2. The van der Waals surface area contributed by atoms with Gasteiger partial charge in [0.1, 0.15) is 5.54 Å². The number of hydrogen-bond acceptors (Lipinski definition) is 4. The third-order valence-corrected chi connectivity index (χ3v) is 4.86. The molecule has 1 spiro atoms. The van der Waals surface area contributed by atoms with Crippen LogP contribution in [0.5, 0.6) is 0 Å². The normalized spacial score (nSPS) is 20.0. The lowest BCUT2D eigenvalue weighted by Crippen LogP contribution is -2.44. The SMILES string of the molecule is CC(C)N(C)CC(=O)NCCCN1C(=O)NC2(CCCC2)C1=O. The molecule has 1 aliphatic heterocycles. The van der Waals surface area contributed by atoms with Crippen molar-refractivity contribution in [3.8, 4) is 0 Å². The zero-order chi connectivity index (χ0) is 17.0. The summed E-state index contributed by atoms with van der Waals surface area (Å²) < 4.78 is 0. The van der Waals surface area contributed by atoms with E-state index in [1.165, 1.54) is 4.90 Å². The summed E-state index contributed by atoms with van der Waals surface area (Å²) in [5, 5.41) is 5.69. The molecule has 2 fully saturated rings. The van der Waals surface area contributed by atoms with Crippen molar-refractivity contribution in [2.45, 2.75) is 57.5 Å². The quantitative estimate of drug-likeness (QED) is 0.533. The van der Waals surface area contributed by atoms with Crippen molar-refractivity contribution in [1.82, 2.24) is 20.4 Å². The van der Waals surface area contributed by atoms with Crippen LogP contribution in [0.15, 0.2) is 0 Å². The standard InChI is InChI=1S/C16H28N4O3/c1-12(2)19(3)11-13(21)17-9-6-10-20-14(22)16(18-15(20)23)7-4-5-8-16/h12H,4-11H2,1-3H3,(H,17,21)(H,18,23). The summed E-state index contributed by atoms with van der Waals surface area (Å²) >= 11 is 0. The Morgan fingerprint density at radius 3 is 2.61 bits per heavy atom. The van der Waals surface area contributed by atoms with Gasteiger partial charge in [-0.1, -0.05) is 12.8 Å². The van der Waals surface area contributed by atoms with E-state index in [1.54, 1.807) is 0 Å². The fourth-order valence-electron chi connectivity index (χ4n) is 3.13. The molecule has 2 rings (SSSR count). The Morgan fingerprint density at radius 2 is 2.00 bits per heavy atom. The molecule has 1 aliphatic carbocycles. The van der Waals surface area contributed by atoms with Crippen LogP contribution in [0.1, 0.15) is 46.0 Å². The van der Waals surface area contributed by atoms with Crippen LogP contribution in [0.4, 0.5) is 4.79 Å². The molecule has 0 bridgehead atoms. The van der Waals surface area contributed by atoms with Crippen molar-refractivity contribution >= 4 is 17.8 Å². The van der Waals surface area contributed by atoms with Gasteiger partial charge in [-0.2, -0.15) is 0 Å². The fraction of sp³-hybridized carbons (Fsp3) is 0.812. The van der Waals surface area contributed by atoms with Crippen LogP contribution in [-0.4, -0.2) is 65.9 Å². The molecule has 1 saturated carbocycles. The van der Waals surface area contributed by atoms with Crippen molar-refractivity contribution in [1.29, 1.82) is 0 Å². The van der Waals surface area contributed by atoms with Crippen molar-refractivity contribution < 1.29 is 14.4 Å². The highest BCUT2D eigenvalue weighted by Gasteiger charge is 2.51. The van der Waals surface area contributed by atoms with Crippen LogP contribution in [-0.2, 0) is 9.59 Å². The minimum atomic E-state index is -0.639. The van der Waals surface area contributed by atoms with Gasteiger partial charge in [-0.25, -0.2) is 4.79 Å². The molecule has 0 aromatic heterocycles. The molecule has 0 unspecified atom stereocenters. The lowest BCUT2D eigenvalue weighted by atomic mass is 9.98. The molecule has 2 N–H and O–H groups in total. The van der Waals surface area contributed by atoms with Crippen LogP contribution < -0.4 is 10.6 Å². The average molecular weight is 324 g/mol. The van der Waals surface area contributed by atoms with E-state index in [2.05, 4.69) is 10.6 Å². The van der Waals surface area contributed by atoms with Crippen LogP contribution in [0.3, 0.4) is 0 Å². The monoisotopic (exact) mass is 324 g/mol. The molecule has 2 aliphatic rings. The zero-order valence-electron chi connectivity index (χ0n) is 14.4. The van der Waals surface area contributed by atoms with Crippen molar-refractivity contribution in [3.05, 3.63) is 0 Å². The largest absolute Gasteiger partial charge is 0.355 e. The summed E-state index contributed by atoms with van der Waals surface area (Å²) in [6, 6.07) is 0.0250. The highest BCUT2D eigenvalue weighted by molar-refractivity contribution is 6.07. The van der Waals surface area contributed by atoms with E-state index >= 15 is 0 Å². The van der Waals surface area contributed by atoms with E-state index in [0.717, 1.165) is 25.7 Å². The lowest BCUT2D eigenvalue weighted by Gasteiger charge is -2.21. The number of imide groups is 1. The zero-order valence-corrected chi connectivity index (χ0v) is 14.4. The van der Waals surface area contributed by atoms with E-state index in [1.807, 2.05) is 25.8 Å². The van der Waals surface area contributed by atoms with Gasteiger partial charge < -0.3 is 10.6 Å². The Bertz CT molecular complexity index is 472. The van der Waals surface area contributed by atoms with Crippen LogP contribution in [0.2, 0.25) is 0 Å². The average Bonchev–Trinajstić information content (AvgIpc) is 3.03. The van der Waals surface area contributed by atoms with Gasteiger partial charge >= 0.3 is 6.03 Å². The van der Waals surface area contributed by atoms with Gasteiger partial charge in [0.15, 0.2) is 0 Å². The van der Waals surface area contributed by atoms with Gasteiger partial charge in [0.2, 0.25) is 5.91 Å². The number of rotatable bonds is 7. The minimum Gasteiger partial charge on any atom is -0.355 e. The van der Waals surface area contributed by atoms with Crippen molar-refractivity contribution in [2.75, 3.05) is 26.7 Å². The Labute approximate surface area is 137 Å². The van der Waals surface area contributed by atoms with Gasteiger partial charge in [0.25, 0.3) is 5.91 Å². The summed E-state index contributed by atoms with van der Waals surface area (Å²) in [6.07, 6.45) is 4.03. The van der Waals surface area contributed by atoms with Crippen molar-refractivity contribution in [2.24, 2.45) is 0 Å². The third kappa shape index (κ3) is 4.02. The first-order valence-corrected chi connectivity index (χ1v) is 8.47. The van der Waals surface area contributed by atoms with Crippen LogP contribution >= 0.6 is 0 Å². The van der Waals surface area contributed by atoms with Gasteiger partial charge in [0, 0.05) is 19.1 Å². The molecule has 0 atom stereocenters. The number of amides is 4. The summed E-state index contributed by atoms with van der Waals surface area (Å²) in [6.45, 7) is 5.24. The Kier molecular flexibility index (Phi) is 5.62. The molecular weight excluding hydrogens is 296 g/mol. The number of likely N-dealkylation sites (N-methyl/N-ethyl adjacent to an activating group) is 1. The molecule has 0 aromatic carbocycles. The predicted octanol–water partition coefficient (Wildman–Crippen LogP) is 0.698. The van der Waals surface area contributed by atoms with Crippen LogP contribution in [0, 0.1) is 0 Å². The number of hydrogen-bond donors (Lipinski definition) is 2. The predicted molar refractivity (Wildman–Crippen MR) is 86.8 cm³/mol. The Hall–Kier alpha value is -1.63. The van der Waals surface area contributed by atoms with E-state index in [9.17, 15) is 14.4 Å². The van der Waals surface area contributed by atoms with E-state index in [4.69, 9.17) is 0 Å². The second-order valence-corrected chi connectivity index (χ2v) is 6.89. The Balaban J connectivity index is 1.71. The molecule has 7 heteroatoms. The summed E-state index contributed by atoms with van der Waals surface area (Å²) in [7, 11) is 1.90. The first-order chi connectivity index (χ1) is 10.9. The fourth-order valence-corrected chi connectivity index (χ4v) is 3.13. The Morgan fingerprint density at radius 1 is 1.35 bits per heavy atom. The molecule has 1 saturated heterocycles. The molecule has 7 nitrogen and oxygen atoms in total. The van der Waals surface area contributed by atoms with Gasteiger partial charge in [-0.05, 0) is 40.2 Å². The molecule has 23 heavy (non-hydrogen) atoms. The maximum atomic E-state index is 12.4. The smallest absolute Gasteiger partial charge is 0.325 e. The summed E-state index contributed by atoms with van der Waals surface area (Å²) in [4.78, 5) is 39.5. The first-order valence-electron chi connectivity index (χ1n) is 8.47. The molecular formula is C16H28N4O3. The molecule has 0 radical (unpaired) electrons. The lowest BCUT2D eigenvalue weighted by molar-refractivity contribution is -0.131. The van der Waals surface area contributed by atoms with E-state index < -0.39 is 5.54 Å². The number of carbonyl (C=O) groups excluding carboxylic acids is 3. The highest BCUT2D eigenvalue weighted by Crippen LogP contribution is 2.34. The number of nitrogens with zero attached hydrogens (tertiary/aromatic N) is 2. The summed E-state index contributed by atoms with van der Waals surface area (Å²) in [5.41, 5.74) is -0.639. The van der Waals surface area contributed by atoms with Gasteiger partial charge in [0.05, 0.1) is 6.54 Å². The van der Waals surface area contributed by atoms with E-state index in [0.29, 0.717) is 32.1 Å². The molecule has 4 amide bonds. The second-order valence-electron chi connectivity index (χ2n) is 6.89. The minimum absolute atomic E-state index is 0.0364. The highest BCUT2D eigenvalue weighted by atomic mass is 16.2. The second kappa shape index (κ2) is 7.29. The van der Waals surface area contributed by atoms with Crippen molar-refractivity contribution in [3.63, 3.8) is 0 Å². The maximum Gasteiger partial charge on any atom is 0.325 e. The third-order valence-electron chi connectivity index (χ3n) is 4.86. The molecule has 1 heterocycles. The topological polar surface area (TPSA) is 81.8 Å². The van der Waals surface area contributed by atoms with E-state index in [-0.39, 0.29) is 17.8 Å². The molecule has 130 valence electrons. The number of urea groups is 1.